The molecule has 3 aromatic heterocycles. The summed E-state index contributed by atoms with van der Waals surface area (Å²) in [7, 11) is 0. The maximum Gasteiger partial charge on any atom is 0.0440 e. The van der Waals surface area contributed by atoms with Gasteiger partial charge in [0.15, 0.2) is 0 Å². The molecule has 0 spiro atoms. The highest BCUT2D eigenvalue weighted by atomic mass is 32.1. The Hall–Kier alpha value is -7.14. The summed E-state index contributed by atoms with van der Waals surface area (Å²) in [5.74, 6) is 0. The number of thiophene rings is 3. The van der Waals surface area contributed by atoms with E-state index in [2.05, 4.69) is 144 Å². The Morgan fingerprint density at radius 2 is 0.429 bits per heavy atom. The standard InChI is InChI=1S/C60H24S3/c1-4-10-28-16-34-31(13-25(28)7-1)19-37-40-22-62-59-47-35-17-29-11-5-2-9-27(29)15-33(35)21-39-42-24-63-60-48-36-18-30-12-6-3-8-26(30)14-32(36)20-38-41-23-61-58-46(34)43(37)52-55(49(40)59)53(45(39)47)57(51(42)60)54(44(38)48)56(52)50(41)58/h1-24H. The second kappa shape index (κ2) is 9.73. The molecule has 0 aliphatic heterocycles. The number of rotatable bonds is 0. The lowest BCUT2D eigenvalue weighted by Gasteiger charge is -2.27. The average Bonchev–Trinajstić information content (AvgIpc) is 4.09. The molecule has 0 N–H and O–H groups in total. The molecule has 3 heteroatoms. The van der Waals surface area contributed by atoms with E-state index in [4.69, 9.17) is 0 Å². The van der Waals surface area contributed by atoms with Gasteiger partial charge in [0, 0.05) is 111 Å². The van der Waals surface area contributed by atoms with Gasteiger partial charge in [-0.2, -0.15) is 0 Å². The predicted molar refractivity (Wildman–Crippen MR) is 282 cm³/mol. The normalized spacial score (nSPS) is 13.7. The highest BCUT2D eigenvalue weighted by molar-refractivity contribution is 7.21. The predicted octanol–water partition coefficient (Wildman–Crippen LogP) is 19.3. The Morgan fingerprint density at radius 3 is 0.730 bits per heavy atom. The first kappa shape index (κ1) is 30.8. The molecule has 0 amide bonds. The number of fused-ring (bicyclic) bond motifs is 15. The number of benzene rings is 16. The largest absolute Gasteiger partial charge is 0.142 e. The Bertz CT molecular complexity index is 4750. The third kappa shape index (κ3) is 3.14. The van der Waals surface area contributed by atoms with Gasteiger partial charge >= 0.3 is 0 Å². The van der Waals surface area contributed by atoms with Crippen molar-refractivity contribution >= 4 is 226 Å². The molecule has 16 aromatic carbocycles. The molecular weight excluding hydrogens is 817 g/mol. The molecule has 0 radical (unpaired) electrons. The first-order valence-corrected chi connectivity index (χ1v) is 24.5. The van der Waals surface area contributed by atoms with Crippen LogP contribution >= 0.6 is 34.0 Å². The zero-order valence-corrected chi connectivity index (χ0v) is 35.5. The Balaban J connectivity index is 1.22. The van der Waals surface area contributed by atoms with Gasteiger partial charge in [-0.05, 0) is 152 Å². The third-order valence-corrected chi connectivity index (χ3v) is 18.9. The first-order valence-electron chi connectivity index (χ1n) is 21.9. The van der Waals surface area contributed by atoms with E-state index in [1.165, 1.54) is 192 Å². The van der Waals surface area contributed by atoms with Gasteiger partial charge in [-0.1, -0.05) is 72.8 Å². The van der Waals surface area contributed by atoms with Gasteiger partial charge in [-0.25, -0.2) is 0 Å². The maximum atomic E-state index is 2.57. The lowest BCUT2D eigenvalue weighted by molar-refractivity contribution is 1.80. The number of hydrogen-bond acceptors (Lipinski definition) is 3. The first-order chi connectivity index (χ1) is 31.2. The molecule has 19 rings (SSSR count). The van der Waals surface area contributed by atoms with Crippen molar-refractivity contribution in [2.75, 3.05) is 0 Å². The molecule has 0 atom stereocenters. The minimum Gasteiger partial charge on any atom is -0.142 e. The van der Waals surface area contributed by atoms with E-state index in [-0.39, 0.29) is 0 Å². The molecular formula is C60H24S3. The van der Waals surface area contributed by atoms with E-state index in [0.29, 0.717) is 0 Å². The zero-order chi connectivity index (χ0) is 39.9. The van der Waals surface area contributed by atoms with E-state index < -0.39 is 0 Å². The monoisotopic (exact) mass is 840 g/mol. The fourth-order valence-electron chi connectivity index (χ4n) is 13.6. The van der Waals surface area contributed by atoms with Gasteiger partial charge in [0.25, 0.3) is 0 Å². The van der Waals surface area contributed by atoms with E-state index in [1.807, 2.05) is 34.0 Å². The summed E-state index contributed by atoms with van der Waals surface area (Å²) in [6, 6.07) is 49.4. The minimum atomic E-state index is 1.30. The van der Waals surface area contributed by atoms with Crippen molar-refractivity contribution in [3.05, 3.63) is 144 Å². The van der Waals surface area contributed by atoms with Crippen LogP contribution in [0.15, 0.2) is 144 Å². The quantitative estimate of drug-likeness (QED) is 0.105. The highest BCUT2D eigenvalue weighted by Crippen LogP contribution is 2.64. The smallest absolute Gasteiger partial charge is 0.0440 e. The lowest BCUT2D eigenvalue weighted by Crippen LogP contribution is -1.98. The van der Waals surface area contributed by atoms with Gasteiger partial charge in [-0.15, -0.1) is 34.0 Å². The molecule has 0 bridgehead atoms. The van der Waals surface area contributed by atoms with Crippen molar-refractivity contribution in [1.82, 2.24) is 0 Å². The van der Waals surface area contributed by atoms with E-state index >= 15 is 0 Å². The summed E-state index contributed by atoms with van der Waals surface area (Å²) >= 11 is 5.92. The van der Waals surface area contributed by atoms with Gasteiger partial charge in [0.05, 0.1) is 0 Å². The number of hydrogen-bond donors (Lipinski definition) is 0. The Labute approximate surface area is 366 Å². The van der Waals surface area contributed by atoms with Gasteiger partial charge in [0.1, 0.15) is 0 Å². The van der Waals surface area contributed by atoms with E-state index in [1.54, 1.807) is 0 Å². The van der Waals surface area contributed by atoms with Crippen molar-refractivity contribution in [1.29, 1.82) is 0 Å². The Morgan fingerprint density at radius 1 is 0.190 bits per heavy atom. The van der Waals surface area contributed by atoms with Crippen LogP contribution in [-0.4, -0.2) is 0 Å². The van der Waals surface area contributed by atoms with Gasteiger partial charge < -0.3 is 0 Å². The second-order valence-corrected chi connectivity index (χ2v) is 21.2. The maximum absolute atomic E-state index is 2.57. The van der Waals surface area contributed by atoms with Crippen LogP contribution in [0.3, 0.4) is 0 Å². The summed E-state index contributed by atoms with van der Waals surface area (Å²) < 4.78 is 4.30. The van der Waals surface area contributed by atoms with Crippen molar-refractivity contribution in [2.45, 2.75) is 0 Å². The summed E-state index contributed by atoms with van der Waals surface area (Å²) in [5.41, 5.74) is 0. The fraction of sp³-hybridized carbons (Fsp3) is 0. The topological polar surface area (TPSA) is 0 Å². The molecule has 0 aliphatic carbocycles. The molecule has 19 aromatic rings. The summed E-state index contributed by atoms with van der Waals surface area (Å²) in [4.78, 5) is 0. The van der Waals surface area contributed by atoms with Gasteiger partial charge in [0.2, 0.25) is 0 Å². The molecule has 0 saturated heterocycles. The third-order valence-electron chi connectivity index (χ3n) is 15.9. The van der Waals surface area contributed by atoms with Crippen LogP contribution < -0.4 is 0 Å². The molecule has 0 saturated carbocycles. The SMILES string of the molecule is c1ccc2cc3c(cc2c1)cc1c2csc4c5c6cc7ccccc7cc6cc6c7csc8c9c%10cc%11ccccc%11cc%10cc%10c%11csc%12c3c1c1c(c24)c(c65)c(c78)c(c%109)c1c%11%12. The van der Waals surface area contributed by atoms with Crippen LogP contribution in [0.25, 0.3) is 192 Å². The molecule has 0 nitrogen and oxygen atoms in total. The average molecular weight is 841 g/mol. The summed E-state index contributed by atoms with van der Waals surface area (Å²) in [6.07, 6.45) is 0. The summed E-state index contributed by atoms with van der Waals surface area (Å²) in [5, 5.41) is 53.9. The van der Waals surface area contributed by atoms with Crippen LogP contribution in [-0.2, 0) is 0 Å². The van der Waals surface area contributed by atoms with Crippen molar-refractivity contribution in [2.24, 2.45) is 0 Å². The van der Waals surface area contributed by atoms with Crippen LogP contribution in [0.5, 0.6) is 0 Å². The van der Waals surface area contributed by atoms with E-state index in [9.17, 15) is 0 Å². The van der Waals surface area contributed by atoms with Crippen LogP contribution in [0.1, 0.15) is 0 Å². The summed E-state index contributed by atoms with van der Waals surface area (Å²) in [6.45, 7) is 0. The second-order valence-electron chi connectivity index (χ2n) is 18.6. The highest BCUT2D eigenvalue weighted by Gasteiger charge is 2.34. The molecule has 0 aliphatic rings. The van der Waals surface area contributed by atoms with Gasteiger partial charge in [-0.3, -0.25) is 0 Å². The van der Waals surface area contributed by atoms with Crippen molar-refractivity contribution in [3.63, 3.8) is 0 Å². The van der Waals surface area contributed by atoms with Crippen LogP contribution in [0, 0.1) is 0 Å². The lowest BCUT2D eigenvalue weighted by atomic mass is 9.75. The van der Waals surface area contributed by atoms with Crippen LogP contribution in [0.4, 0.5) is 0 Å². The molecule has 63 heavy (non-hydrogen) atoms. The molecule has 3 heterocycles. The van der Waals surface area contributed by atoms with E-state index in [0.717, 1.165) is 0 Å². The van der Waals surface area contributed by atoms with Crippen molar-refractivity contribution < 1.29 is 0 Å². The zero-order valence-electron chi connectivity index (χ0n) is 33.1. The fourth-order valence-corrected chi connectivity index (χ4v) is 17.0. The van der Waals surface area contributed by atoms with Crippen LogP contribution in [0.2, 0.25) is 0 Å². The van der Waals surface area contributed by atoms with Crippen molar-refractivity contribution in [3.8, 4) is 0 Å². The molecule has 0 unspecified atom stereocenters. The molecule has 282 valence electrons. The molecule has 0 fully saturated rings. The minimum absolute atomic E-state index is 1.30. The Kier molecular flexibility index (Phi) is 4.76.